The van der Waals surface area contributed by atoms with Gasteiger partial charge in [-0.25, -0.2) is 12.7 Å². The fraction of sp³-hybridized carbons (Fsp3) is 0.417. The van der Waals surface area contributed by atoms with Gasteiger partial charge in [0.15, 0.2) is 0 Å². The lowest BCUT2D eigenvalue weighted by atomic mass is 10.1. The molecule has 0 radical (unpaired) electrons. The lowest BCUT2D eigenvalue weighted by Gasteiger charge is -2.15. The quantitative estimate of drug-likeness (QED) is 0.842. The average Bonchev–Trinajstić information content (AvgIpc) is 2.35. The summed E-state index contributed by atoms with van der Waals surface area (Å²) in [6.45, 7) is 0. The highest BCUT2D eigenvalue weighted by Crippen LogP contribution is 2.27. The molecule has 0 saturated carbocycles. The smallest absolute Gasteiger partial charge is 0.303 e. The Morgan fingerprint density at radius 3 is 2.47 bits per heavy atom. The average molecular weight is 287 g/mol. The van der Waals surface area contributed by atoms with Crippen LogP contribution in [0.4, 0.5) is 0 Å². The van der Waals surface area contributed by atoms with Gasteiger partial charge < -0.3 is 9.84 Å². The van der Waals surface area contributed by atoms with E-state index in [0.717, 1.165) is 4.31 Å². The van der Waals surface area contributed by atoms with Gasteiger partial charge in [0.25, 0.3) is 0 Å². The van der Waals surface area contributed by atoms with Crippen LogP contribution in [0.3, 0.4) is 0 Å². The molecule has 106 valence electrons. The minimum atomic E-state index is -3.62. The standard InChI is InChI=1S/C12H17NO5S/c1-13(2)19(16,17)11-8-9(5-7-12(14)15)4-6-10(11)18-3/h4,6,8H,5,7H2,1-3H3,(H,14,15). The zero-order valence-electron chi connectivity index (χ0n) is 11.1. The van der Waals surface area contributed by atoms with Crippen LogP contribution in [0.15, 0.2) is 23.1 Å². The van der Waals surface area contributed by atoms with Crippen LogP contribution in [0, 0.1) is 0 Å². The SMILES string of the molecule is COc1ccc(CCC(=O)O)cc1S(=O)(=O)N(C)C. The summed E-state index contributed by atoms with van der Waals surface area (Å²) in [6, 6.07) is 4.65. The molecule has 0 atom stereocenters. The van der Waals surface area contributed by atoms with E-state index in [1.807, 2.05) is 0 Å². The van der Waals surface area contributed by atoms with Crippen LogP contribution < -0.4 is 4.74 Å². The molecular weight excluding hydrogens is 270 g/mol. The van der Waals surface area contributed by atoms with Crippen molar-refractivity contribution in [2.24, 2.45) is 0 Å². The molecular formula is C12H17NO5S. The lowest BCUT2D eigenvalue weighted by molar-refractivity contribution is -0.136. The monoisotopic (exact) mass is 287 g/mol. The predicted octanol–water partition coefficient (Wildman–Crippen LogP) is 0.963. The largest absolute Gasteiger partial charge is 0.495 e. The van der Waals surface area contributed by atoms with Gasteiger partial charge in [-0.1, -0.05) is 6.07 Å². The van der Waals surface area contributed by atoms with Crippen LogP contribution in [0.25, 0.3) is 0 Å². The van der Waals surface area contributed by atoms with E-state index in [1.54, 1.807) is 6.07 Å². The second kappa shape index (κ2) is 6.03. The van der Waals surface area contributed by atoms with Crippen molar-refractivity contribution in [1.29, 1.82) is 0 Å². The van der Waals surface area contributed by atoms with Crippen LogP contribution in [-0.4, -0.2) is 45.0 Å². The minimum Gasteiger partial charge on any atom is -0.495 e. The Balaban J connectivity index is 3.21. The highest BCUT2D eigenvalue weighted by atomic mass is 32.2. The molecule has 0 amide bonds. The molecule has 7 heteroatoms. The Morgan fingerprint density at radius 1 is 1.37 bits per heavy atom. The van der Waals surface area contributed by atoms with Gasteiger partial charge in [0.05, 0.1) is 7.11 Å². The van der Waals surface area contributed by atoms with E-state index in [4.69, 9.17) is 9.84 Å². The van der Waals surface area contributed by atoms with Crippen molar-refractivity contribution >= 4 is 16.0 Å². The number of carboxylic acids is 1. The number of methoxy groups -OCH3 is 1. The second-order valence-corrected chi connectivity index (χ2v) is 6.29. The fourth-order valence-corrected chi connectivity index (χ4v) is 2.63. The minimum absolute atomic E-state index is 0.0443. The van der Waals surface area contributed by atoms with Crippen molar-refractivity contribution in [3.63, 3.8) is 0 Å². The summed E-state index contributed by atoms with van der Waals surface area (Å²) in [5, 5.41) is 8.64. The Bertz CT molecular complexity index is 565. The molecule has 1 aromatic rings. The van der Waals surface area contributed by atoms with E-state index in [1.165, 1.54) is 33.3 Å². The third kappa shape index (κ3) is 3.68. The number of aryl methyl sites for hydroxylation is 1. The lowest BCUT2D eigenvalue weighted by Crippen LogP contribution is -2.23. The molecule has 0 aromatic heterocycles. The molecule has 0 aliphatic rings. The number of sulfonamides is 1. The van der Waals surface area contributed by atoms with E-state index < -0.39 is 16.0 Å². The van der Waals surface area contributed by atoms with Crippen molar-refractivity contribution < 1.29 is 23.1 Å². The first-order valence-electron chi connectivity index (χ1n) is 5.60. The normalized spacial score (nSPS) is 11.6. The van der Waals surface area contributed by atoms with Crippen LogP contribution >= 0.6 is 0 Å². The first-order valence-corrected chi connectivity index (χ1v) is 7.04. The number of hydrogen-bond donors (Lipinski definition) is 1. The summed E-state index contributed by atoms with van der Waals surface area (Å²) >= 11 is 0. The van der Waals surface area contributed by atoms with Gasteiger partial charge in [-0.15, -0.1) is 0 Å². The number of nitrogens with zero attached hydrogens (tertiary/aromatic N) is 1. The number of carboxylic acid groups (broad SMARTS) is 1. The van der Waals surface area contributed by atoms with Gasteiger partial charge in [-0.3, -0.25) is 4.79 Å². The Kier molecular flexibility index (Phi) is 4.90. The number of ether oxygens (including phenoxy) is 1. The maximum absolute atomic E-state index is 12.1. The summed E-state index contributed by atoms with van der Waals surface area (Å²) < 4.78 is 30.4. The molecule has 0 bridgehead atoms. The highest BCUT2D eigenvalue weighted by molar-refractivity contribution is 7.89. The van der Waals surface area contributed by atoms with Gasteiger partial charge in [-0.05, 0) is 24.1 Å². The van der Waals surface area contributed by atoms with Gasteiger partial charge >= 0.3 is 5.97 Å². The van der Waals surface area contributed by atoms with Gasteiger partial charge in [-0.2, -0.15) is 0 Å². The van der Waals surface area contributed by atoms with Crippen molar-refractivity contribution in [1.82, 2.24) is 4.31 Å². The maximum Gasteiger partial charge on any atom is 0.303 e. The summed E-state index contributed by atoms with van der Waals surface area (Å²) in [6.07, 6.45) is 0.225. The Labute approximate surface area is 112 Å². The van der Waals surface area contributed by atoms with Crippen molar-refractivity contribution in [3.05, 3.63) is 23.8 Å². The van der Waals surface area contributed by atoms with Crippen LogP contribution in [0.5, 0.6) is 5.75 Å². The first kappa shape index (κ1) is 15.5. The molecule has 0 saturated heterocycles. The van der Waals surface area contributed by atoms with Gasteiger partial charge in [0.2, 0.25) is 10.0 Å². The molecule has 0 spiro atoms. The number of rotatable bonds is 6. The Morgan fingerprint density at radius 2 is 2.00 bits per heavy atom. The molecule has 0 aliphatic heterocycles. The topological polar surface area (TPSA) is 83.9 Å². The van der Waals surface area contributed by atoms with Crippen molar-refractivity contribution in [2.45, 2.75) is 17.7 Å². The van der Waals surface area contributed by atoms with Crippen LogP contribution in [0.1, 0.15) is 12.0 Å². The molecule has 1 aromatic carbocycles. The summed E-state index contributed by atoms with van der Waals surface area (Å²) in [5.74, 6) is -0.680. The predicted molar refractivity (Wildman–Crippen MR) is 69.8 cm³/mol. The zero-order chi connectivity index (χ0) is 14.6. The summed E-state index contributed by atoms with van der Waals surface area (Å²) in [4.78, 5) is 10.6. The molecule has 0 unspecified atom stereocenters. The highest BCUT2D eigenvalue weighted by Gasteiger charge is 2.22. The second-order valence-electron chi connectivity index (χ2n) is 4.17. The van der Waals surface area contributed by atoms with Crippen molar-refractivity contribution in [2.75, 3.05) is 21.2 Å². The van der Waals surface area contributed by atoms with Crippen LogP contribution in [-0.2, 0) is 21.2 Å². The summed E-state index contributed by atoms with van der Waals surface area (Å²) in [5.41, 5.74) is 0.642. The Hall–Kier alpha value is -1.60. The number of carbonyl (C=O) groups is 1. The van der Waals surface area contributed by atoms with E-state index in [0.29, 0.717) is 5.56 Å². The third-order valence-electron chi connectivity index (χ3n) is 2.61. The molecule has 0 aliphatic carbocycles. The first-order chi connectivity index (χ1) is 8.78. The number of benzene rings is 1. The van der Waals surface area contributed by atoms with Gasteiger partial charge in [0, 0.05) is 20.5 Å². The molecule has 0 heterocycles. The van der Waals surface area contributed by atoms with E-state index in [2.05, 4.69) is 0 Å². The zero-order valence-corrected chi connectivity index (χ0v) is 11.9. The third-order valence-corrected chi connectivity index (χ3v) is 4.45. The molecule has 19 heavy (non-hydrogen) atoms. The molecule has 1 rings (SSSR count). The fourth-order valence-electron chi connectivity index (χ4n) is 1.53. The van der Waals surface area contributed by atoms with Crippen LogP contribution in [0.2, 0.25) is 0 Å². The van der Waals surface area contributed by atoms with E-state index in [-0.39, 0.29) is 23.5 Å². The van der Waals surface area contributed by atoms with E-state index >= 15 is 0 Å². The number of aliphatic carboxylic acids is 1. The molecule has 0 fully saturated rings. The van der Waals surface area contributed by atoms with Crippen molar-refractivity contribution in [3.8, 4) is 5.75 Å². The number of hydrogen-bond acceptors (Lipinski definition) is 4. The summed E-state index contributed by atoms with van der Waals surface area (Å²) in [7, 11) is 0.629. The molecule has 6 nitrogen and oxygen atoms in total. The van der Waals surface area contributed by atoms with E-state index in [9.17, 15) is 13.2 Å². The van der Waals surface area contributed by atoms with Gasteiger partial charge in [0.1, 0.15) is 10.6 Å². The maximum atomic E-state index is 12.1. The molecule has 1 N–H and O–H groups in total.